The highest BCUT2D eigenvalue weighted by molar-refractivity contribution is 9.10. The minimum atomic E-state index is -0.363. The minimum Gasteiger partial charge on any atom is -0.363 e. The van der Waals surface area contributed by atoms with Crippen LogP contribution in [0.25, 0.3) is 0 Å². The molecule has 19 heavy (non-hydrogen) atoms. The average molecular weight is 324 g/mol. The van der Waals surface area contributed by atoms with Crippen LogP contribution in [0.4, 0.5) is 10.2 Å². The summed E-state index contributed by atoms with van der Waals surface area (Å²) in [4.78, 5) is 7.86. The predicted octanol–water partition coefficient (Wildman–Crippen LogP) is 3.86. The number of hydrogen-bond donors (Lipinski definition) is 1. The zero-order valence-electron chi connectivity index (χ0n) is 10.9. The van der Waals surface area contributed by atoms with Crippen molar-refractivity contribution >= 4 is 21.7 Å². The van der Waals surface area contributed by atoms with Gasteiger partial charge in [0.2, 0.25) is 0 Å². The van der Waals surface area contributed by atoms with Crippen LogP contribution in [0.15, 0.2) is 29.0 Å². The normalized spacial score (nSPS) is 10.5. The van der Waals surface area contributed by atoms with Crippen LogP contribution in [-0.4, -0.2) is 9.97 Å². The number of nitrogens with zero attached hydrogens (tertiary/aromatic N) is 2. The minimum absolute atomic E-state index is 0.256. The van der Waals surface area contributed by atoms with Gasteiger partial charge in [-0.05, 0) is 36.6 Å². The largest absolute Gasteiger partial charge is 0.363 e. The Bertz CT molecular complexity index is 587. The zero-order chi connectivity index (χ0) is 13.8. The van der Waals surface area contributed by atoms with Crippen molar-refractivity contribution in [2.24, 2.45) is 0 Å². The molecule has 0 spiro atoms. The second-order valence-electron chi connectivity index (χ2n) is 4.26. The van der Waals surface area contributed by atoms with Crippen molar-refractivity contribution in [2.45, 2.75) is 26.8 Å². The van der Waals surface area contributed by atoms with E-state index in [1.807, 2.05) is 32.0 Å². The van der Waals surface area contributed by atoms with E-state index in [-0.39, 0.29) is 11.6 Å². The summed E-state index contributed by atoms with van der Waals surface area (Å²) in [5.74, 6) is -0.108. The molecule has 3 nitrogen and oxygen atoms in total. The third-order valence-corrected chi connectivity index (χ3v) is 3.45. The number of aryl methyl sites for hydroxylation is 2. The lowest BCUT2D eigenvalue weighted by molar-refractivity contribution is 0.596. The van der Waals surface area contributed by atoms with Gasteiger partial charge < -0.3 is 5.32 Å². The highest BCUT2D eigenvalue weighted by Crippen LogP contribution is 2.18. The van der Waals surface area contributed by atoms with Gasteiger partial charge in [0, 0.05) is 11.0 Å². The number of nitrogens with one attached hydrogen (secondary N) is 1. The molecule has 0 saturated carbocycles. The van der Waals surface area contributed by atoms with E-state index in [1.165, 1.54) is 6.33 Å². The number of hydrogen-bond acceptors (Lipinski definition) is 3. The van der Waals surface area contributed by atoms with Gasteiger partial charge in [0.05, 0.1) is 5.69 Å². The molecule has 1 heterocycles. The van der Waals surface area contributed by atoms with Crippen LogP contribution < -0.4 is 5.32 Å². The van der Waals surface area contributed by atoms with Crippen LogP contribution >= 0.6 is 15.9 Å². The van der Waals surface area contributed by atoms with Crippen molar-refractivity contribution in [1.82, 2.24) is 9.97 Å². The van der Waals surface area contributed by atoms with E-state index in [0.717, 1.165) is 15.6 Å². The molecule has 2 rings (SSSR count). The highest BCUT2D eigenvalue weighted by atomic mass is 79.9. The van der Waals surface area contributed by atoms with Crippen molar-refractivity contribution in [3.05, 3.63) is 51.6 Å². The van der Waals surface area contributed by atoms with Crippen LogP contribution in [-0.2, 0) is 13.0 Å². The second-order valence-corrected chi connectivity index (χ2v) is 5.18. The molecular weight excluding hydrogens is 309 g/mol. The van der Waals surface area contributed by atoms with Gasteiger partial charge in [0.1, 0.15) is 6.33 Å². The molecule has 0 radical (unpaired) electrons. The fraction of sp³-hybridized carbons (Fsp3) is 0.286. The average Bonchev–Trinajstić information content (AvgIpc) is 2.41. The van der Waals surface area contributed by atoms with E-state index in [9.17, 15) is 4.39 Å². The number of halogens is 2. The number of anilines is 1. The SMILES string of the molecule is CCc1ncnc(NCc2cc(Br)ccc2C)c1F. The smallest absolute Gasteiger partial charge is 0.186 e. The van der Waals surface area contributed by atoms with Crippen LogP contribution in [0.1, 0.15) is 23.7 Å². The van der Waals surface area contributed by atoms with Crippen molar-refractivity contribution in [1.29, 1.82) is 0 Å². The summed E-state index contributed by atoms with van der Waals surface area (Å²) in [7, 11) is 0. The molecule has 0 saturated heterocycles. The van der Waals surface area contributed by atoms with Crippen molar-refractivity contribution in [2.75, 3.05) is 5.32 Å². The molecular formula is C14H15BrFN3. The molecule has 0 bridgehead atoms. The number of benzene rings is 1. The molecule has 0 amide bonds. The standard InChI is InChI=1S/C14H15BrFN3/c1-3-12-13(16)14(19-8-18-12)17-7-10-6-11(15)5-4-9(10)2/h4-6,8H,3,7H2,1-2H3,(H,17,18,19). The lowest BCUT2D eigenvalue weighted by Gasteiger charge is -2.10. The van der Waals surface area contributed by atoms with E-state index in [1.54, 1.807) is 0 Å². The predicted molar refractivity (Wildman–Crippen MR) is 77.6 cm³/mol. The zero-order valence-corrected chi connectivity index (χ0v) is 12.5. The molecule has 1 N–H and O–H groups in total. The molecule has 1 aromatic carbocycles. The summed E-state index contributed by atoms with van der Waals surface area (Å²) in [5, 5.41) is 3.03. The lowest BCUT2D eigenvalue weighted by atomic mass is 10.1. The molecule has 0 fully saturated rings. The first kappa shape index (κ1) is 13.9. The van der Waals surface area contributed by atoms with Crippen LogP contribution in [0.5, 0.6) is 0 Å². The van der Waals surface area contributed by atoms with Gasteiger partial charge in [-0.25, -0.2) is 14.4 Å². The van der Waals surface area contributed by atoms with Gasteiger partial charge in [0.15, 0.2) is 11.6 Å². The topological polar surface area (TPSA) is 37.8 Å². The van der Waals surface area contributed by atoms with Gasteiger partial charge in [-0.3, -0.25) is 0 Å². The molecule has 5 heteroatoms. The van der Waals surface area contributed by atoms with Crippen LogP contribution in [0, 0.1) is 12.7 Å². The first-order valence-corrected chi connectivity index (χ1v) is 6.89. The van der Waals surface area contributed by atoms with Gasteiger partial charge in [-0.15, -0.1) is 0 Å². The summed E-state index contributed by atoms with van der Waals surface area (Å²) in [6.45, 7) is 4.42. The first-order chi connectivity index (χ1) is 9.11. The van der Waals surface area contributed by atoms with Crippen LogP contribution in [0.2, 0.25) is 0 Å². The molecule has 0 atom stereocenters. The second kappa shape index (κ2) is 6.10. The van der Waals surface area contributed by atoms with Gasteiger partial charge in [0.25, 0.3) is 0 Å². The first-order valence-electron chi connectivity index (χ1n) is 6.10. The fourth-order valence-corrected chi connectivity index (χ4v) is 2.19. The molecule has 100 valence electrons. The van der Waals surface area contributed by atoms with Crippen molar-refractivity contribution in [3.63, 3.8) is 0 Å². The maximum atomic E-state index is 14.0. The summed E-state index contributed by atoms with van der Waals surface area (Å²) >= 11 is 3.43. The Morgan fingerprint density at radius 2 is 2.11 bits per heavy atom. The Hall–Kier alpha value is -1.49. The van der Waals surface area contributed by atoms with E-state index in [0.29, 0.717) is 18.7 Å². The van der Waals surface area contributed by atoms with Gasteiger partial charge in [-0.2, -0.15) is 0 Å². The summed E-state index contributed by atoms with van der Waals surface area (Å²) < 4.78 is 15.0. The molecule has 2 aromatic rings. The fourth-order valence-electron chi connectivity index (χ4n) is 1.79. The van der Waals surface area contributed by atoms with Crippen LogP contribution in [0.3, 0.4) is 0 Å². The molecule has 0 aliphatic heterocycles. The highest BCUT2D eigenvalue weighted by Gasteiger charge is 2.09. The maximum absolute atomic E-state index is 14.0. The quantitative estimate of drug-likeness (QED) is 0.928. The Morgan fingerprint density at radius 3 is 2.84 bits per heavy atom. The number of aromatic nitrogens is 2. The molecule has 0 aliphatic carbocycles. The summed E-state index contributed by atoms with van der Waals surface area (Å²) in [6, 6.07) is 6.02. The van der Waals surface area contributed by atoms with Gasteiger partial charge in [-0.1, -0.05) is 28.9 Å². The molecule has 0 unspecified atom stereocenters. The third kappa shape index (κ3) is 3.29. The Morgan fingerprint density at radius 1 is 1.32 bits per heavy atom. The van der Waals surface area contributed by atoms with E-state index < -0.39 is 0 Å². The third-order valence-electron chi connectivity index (χ3n) is 2.95. The summed E-state index contributed by atoms with van der Waals surface area (Å²) in [6.07, 6.45) is 1.94. The van der Waals surface area contributed by atoms with Crippen molar-refractivity contribution in [3.8, 4) is 0 Å². The summed E-state index contributed by atoms with van der Waals surface area (Å²) in [5.41, 5.74) is 2.69. The maximum Gasteiger partial charge on any atom is 0.186 e. The number of rotatable bonds is 4. The molecule has 1 aromatic heterocycles. The van der Waals surface area contributed by atoms with E-state index in [2.05, 4.69) is 31.2 Å². The van der Waals surface area contributed by atoms with E-state index in [4.69, 9.17) is 0 Å². The monoisotopic (exact) mass is 323 g/mol. The Kier molecular flexibility index (Phi) is 4.47. The van der Waals surface area contributed by atoms with Crippen molar-refractivity contribution < 1.29 is 4.39 Å². The van der Waals surface area contributed by atoms with Gasteiger partial charge >= 0.3 is 0 Å². The molecule has 0 aliphatic rings. The Labute approximate surface area is 120 Å². The van der Waals surface area contributed by atoms with E-state index >= 15 is 0 Å². The Balaban J connectivity index is 2.17. The lowest BCUT2D eigenvalue weighted by Crippen LogP contribution is -2.07.